The Balaban J connectivity index is 1.10. The number of aromatic amines is 2. The summed E-state index contributed by atoms with van der Waals surface area (Å²) in [6.07, 6.45) is 0.598. The maximum Gasteiger partial charge on any atom is 0.407 e. The molecule has 2 aromatic carbocycles. The highest BCUT2D eigenvalue weighted by Gasteiger charge is 2.42. The first-order valence-electron chi connectivity index (χ1n) is 18.9. The zero-order valence-corrected chi connectivity index (χ0v) is 32.4. The molecule has 0 radical (unpaired) electrons. The number of carboxylic acid groups (broad SMARTS) is 1. The maximum absolute atomic E-state index is 13.5. The lowest BCUT2D eigenvalue weighted by Gasteiger charge is -2.29. The van der Waals surface area contributed by atoms with Gasteiger partial charge in [-0.25, -0.2) is 19.6 Å². The number of β-amino-alcohol motifs (C(OH)–C–C–N with tert-alkyl or cyclic N) is 2. The van der Waals surface area contributed by atoms with Crippen LogP contribution in [0.5, 0.6) is 0 Å². The van der Waals surface area contributed by atoms with Crippen LogP contribution in [-0.2, 0) is 14.3 Å². The number of likely N-dealkylation sites (tertiary alicyclic amines) is 2. The number of methoxy groups -OCH3 is 1. The van der Waals surface area contributed by atoms with Crippen molar-refractivity contribution >= 4 is 24.0 Å². The number of nitrogens with zero attached hydrogens (tertiary/aromatic N) is 4. The number of amides is 4. The molecule has 2 aliphatic heterocycles. The summed E-state index contributed by atoms with van der Waals surface area (Å²) in [5.41, 5.74) is 4.56. The fourth-order valence-electron chi connectivity index (χ4n) is 7.24. The van der Waals surface area contributed by atoms with Gasteiger partial charge in [-0.3, -0.25) is 9.59 Å². The highest BCUT2D eigenvalue weighted by atomic mass is 16.5. The normalized spacial score (nSPS) is 20.2. The van der Waals surface area contributed by atoms with Crippen molar-refractivity contribution in [2.24, 2.45) is 11.8 Å². The zero-order chi connectivity index (χ0) is 41.0. The number of H-pyrrole nitrogens is 2. The van der Waals surface area contributed by atoms with Crippen LogP contribution in [0.4, 0.5) is 9.59 Å². The molecule has 16 nitrogen and oxygen atoms in total. The molecule has 4 amide bonds. The van der Waals surface area contributed by atoms with Crippen molar-refractivity contribution in [1.29, 1.82) is 0 Å². The summed E-state index contributed by atoms with van der Waals surface area (Å²) in [7, 11) is 1.24. The molecule has 4 aromatic rings. The Morgan fingerprint density at radius 3 is 1.49 bits per heavy atom. The standard InChI is InChI=1S/C41H48N8O8/c1-22(2)34(46-40(54)55)38(52)48-20-28(50)16-32(48)36-42-18-30(44-36)26-12-8-24(9-13-26)6-7-25-10-14-27(15-11-25)31-19-43-37(45-31)33-17-29(51)21-49(33)39(53)35(23(3)4)47-41(56)57-5/h8-15,18-19,22-23,28-29,32-35,46,50-51H,16-17,20-21H2,1-5H3,(H,42,44)(H,43,45)(H,47,56)(H,54,55)/t28-,29-,32-,33-,34-,35-/m0/s1. The highest BCUT2D eigenvalue weighted by Crippen LogP contribution is 2.34. The maximum atomic E-state index is 13.5. The fourth-order valence-corrected chi connectivity index (χ4v) is 7.24. The van der Waals surface area contributed by atoms with E-state index in [9.17, 15) is 34.5 Å². The molecule has 0 bridgehead atoms. The number of benzene rings is 2. The Morgan fingerprint density at radius 1 is 0.719 bits per heavy atom. The van der Waals surface area contributed by atoms with Crippen molar-refractivity contribution in [2.45, 2.75) is 76.9 Å². The van der Waals surface area contributed by atoms with Crippen LogP contribution in [0.15, 0.2) is 60.9 Å². The first-order chi connectivity index (χ1) is 27.2. The SMILES string of the molecule is COC(=O)N[C@H](C(=O)N1C[C@@H](O)C[C@H]1c1nc(-c2ccc(C#Cc3ccc(-c4c[nH]c([C@@H]5C[C@H](O)CN5C(=O)[C@@H](NC(=O)O)C(C)C)n4)cc3)cc2)c[nH]1)C(C)C. The lowest BCUT2D eigenvalue weighted by molar-refractivity contribution is -0.136. The van der Waals surface area contributed by atoms with Gasteiger partial charge < -0.3 is 50.5 Å². The minimum absolute atomic E-state index is 0.0808. The summed E-state index contributed by atoms with van der Waals surface area (Å²) < 4.78 is 4.71. The van der Waals surface area contributed by atoms with Crippen LogP contribution in [0.2, 0.25) is 0 Å². The van der Waals surface area contributed by atoms with Gasteiger partial charge in [0, 0.05) is 60.6 Å². The molecule has 4 heterocycles. The Hall–Kier alpha value is -6.18. The lowest BCUT2D eigenvalue weighted by Crippen LogP contribution is -2.51. The number of rotatable bonds is 10. The number of alkyl carbamates (subject to hydrolysis) is 1. The third kappa shape index (κ3) is 9.28. The van der Waals surface area contributed by atoms with Gasteiger partial charge in [0.1, 0.15) is 23.7 Å². The van der Waals surface area contributed by atoms with Crippen molar-refractivity contribution in [3.63, 3.8) is 0 Å². The molecule has 6 atom stereocenters. The largest absolute Gasteiger partial charge is 0.465 e. The molecule has 300 valence electrons. The number of ether oxygens (including phenoxy) is 1. The summed E-state index contributed by atoms with van der Waals surface area (Å²) in [6, 6.07) is 12.4. The monoisotopic (exact) mass is 780 g/mol. The Bertz CT molecular complexity index is 2130. The second-order valence-electron chi connectivity index (χ2n) is 15.1. The van der Waals surface area contributed by atoms with E-state index in [-0.39, 0.29) is 37.3 Å². The highest BCUT2D eigenvalue weighted by molar-refractivity contribution is 5.87. The second kappa shape index (κ2) is 17.3. The number of carbonyl (C=O) groups is 4. The predicted octanol–water partition coefficient (Wildman–Crippen LogP) is 3.81. The predicted molar refractivity (Wildman–Crippen MR) is 208 cm³/mol. The van der Waals surface area contributed by atoms with Crippen LogP contribution in [0.3, 0.4) is 0 Å². The molecule has 2 aromatic heterocycles. The molecule has 57 heavy (non-hydrogen) atoms. The van der Waals surface area contributed by atoms with Gasteiger partial charge >= 0.3 is 12.2 Å². The van der Waals surface area contributed by atoms with E-state index in [2.05, 4.69) is 32.4 Å². The number of aromatic nitrogens is 4. The Kier molecular flexibility index (Phi) is 12.3. The van der Waals surface area contributed by atoms with Crippen molar-refractivity contribution in [2.75, 3.05) is 20.2 Å². The van der Waals surface area contributed by atoms with Gasteiger partial charge in [-0.05, 0) is 36.1 Å². The van der Waals surface area contributed by atoms with Crippen molar-refractivity contribution in [1.82, 2.24) is 40.4 Å². The van der Waals surface area contributed by atoms with Gasteiger partial charge in [0.25, 0.3) is 0 Å². The van der Waals surface area contributed by atoms with Gasteiger partial charge in [-0.1, -0.05) is 63.8 Å². The van der Waals surface area contributed by atoms with Crippen LogP contribution in [0.25, 0.3) is 22.5 Å². The molecule has 0 spiro atoms. The minimum Gasteiger partial charge on any atom is -0.465 e. The van der Waals surface area contributed by atoms with E-state index >= 15 is 0 Å². The van der Waals surface area contributed by atoms with Crippen molar-refractivity contribution in [3.8, 4) is 34.4 Å². The van der Waals surface area contributed by atoms with Gasteiger partial charge in [0.15, 0.2) is 0 Å². The number of hydrogen-bond acceptors (Lipinski definition) is 9. The average molecular weight is 781 g/mol. The topological polar surface area (TPSA) is 226 Å². The number of aliphatic hydroxyl groups excluding tert-OH is 2. The first kappa shape index (κ1) is 40.5. The average Bonchev–Trinajstić information content (AvgIpc) is 4.01. The van der Waals surface area contributed by atoms with E-state index < -0.39 is 54.5 Å². The number of carbonyl (C=O) groups excluding carboxylic acids is 3. The molecule has 2 aliphatic rings. The van der Waals surface area contributed by atoms with Gasteiger partial charge in [0.2, 0.25) is 11.8 Å². The van der Waals surface area contributed by atoms with Crippen LogP contribution in [0, 0.1) is 23.7 Å². The van der Waals surface area contributed by atoms with E-state index in [4.69, 9.17) is 14.7 Å². The third-order valence-electron chi connectivity index (χ3n) is 10.3. The van der Waals surface area contributed by atoms with E-state index in [1.165, 1.54) is 12.0 Å². The van der Waals surface area contributed by atoms with Crippen LogP contribution < -0.4 is 10.6 Å². The number of hydrogen-bond donors (Lipinski definition) is 7. The number of nitrogens with one attached hydrogen (secondary N) is 4. The molecule has 2 fully saturated rings. The summed E-state index contributed by atoms with van der Waals surface area (Å²) in [6.45, 7) is 7.38. The van der Waals surface area contributed by atoms with E-state index in [0.29, 0.717) is 29.5 Å². The van der Waals surface area contributed by atoms with Crippen LogP contribution >= 0.6 is 0 Å². The molecule has 0 unspecified atom stereocenters. The molecule has 7 N–H and O–H groups in total. The number of imidazole rings is 2. The lowest BCUT2D eigenvalue weighted by atomic mass is 10.0. The second-order valence-corrected chi connectivity index (χ2v) is 15.1. The molecule has 16 heteroatoms. The van der Waals surface area contributed by atoms with Gasteiger partial charge in [-0.2, -0.15) is 0 Å². The smallest absolute Gasteiger partial charge is 0.407 e. The summed E-state index contributed by atoms with van der Waals surface area (Å²) in [5.74, 6) is 6.19. The molecule has 0 saturated carbocycles. The minimum atomic E-state index is -1.29. The molecule has 0 aliphatic carbocycles. The molecule has 6 rings (SSSR count). The Morgan fingerprint density at radius 2 is 1.12 bits per heavy atom. The quantitative estimate of drug-likeness (QED) is 0.115. The fraction of sp³-hybridized carbons (Fsp3) is 0.415. The Labute approximate surface area is 330 Å². The number of aliphatic hydroxyl groups is 2. The zero-order valence-electron chi connectivity index (χ0n) is 32.4. The van der Waals surface area contributed by atoms with Gasteiger partial charge in [-0.15, -0.1) is 0 Å². The van der Waals surface area contributed by atoms with Crippen LogP contribution in [-0.4, -0.2) is 114 Å². The van der Waals surface area contributed by atoms with Crippen molar-refractivity contribution in [3.05, 3.63) is 83.7 Å². The molecular formula is C41H48N8O8. The van der Waals surface area contributed by atoms with E-state index in [0.717, 1.165) is 22.3 Å². The third-order valence-corrected chi connectivity index (χ3v) is 10.3. The molecule has 2 saturated heterocycles. The summed E-state index contributed by atoms with van der Waals surface area (Å²) >= 11 is 0. The molecular weight excluding hydrogens is 732 g/mol. The van der Waals surface area contributed by atoms with Crippen molar-refractivity contribution < 1.29 is 39.2 Å². The van der Waals surface area contributed by atoms with E-state index in [1.54, 1.807) is 31.1 Å². The summed E-state index contributed by atoms with van der Waals surface area (Å²) in [5, 5.41) is 35.1. The van der Waals surface area contributed by atoms with Crippen LogP contribution in [0.1, 0.15) is 75.4 Å². The van der Waals surface area contributed by atoms with E-state index in [1.807, 2.05) is 62.4 Å². The summed E-state index contributed by atoms with van der Waals surface area (Å²) in [4.78, 5) is 69.0. The first-order valence-corrected chi connectivity index (χ1v) is 18.9. The van der Waals surface area contributed by atoms with Gasteiger partial charge in [0.05, 0.1) is 42.8 Å².